The zero-order valence-corrected chi connectivity index (χ0v) is 8.43. The van der Waals surface area contributed by atoms with Gasteiger partial charge in [-0.05, 0) is 11.8 Å². The Morgan fingerprint density at radius 1 is 1.33 bits per heavy atom. The number of pyridine rings is 1. The van der Waals surface area contributed by atoms with Gasteiger partial charge in [0.05, 0.1) is 6.10 Å². The maximum absolute atomic E-state index is 9.91. The highest BCUT2D eigenvalue weighted by Crippen LogP contribution is 2.24. The highest BCUT2D eigenvalue weighted by molar-refractivity contribution is 5.84. The molecule has 1 aromatic carbocycles. The van der Waals surface area contributed by atoms with Gasteiger partial charge < -0.3 is 5.11 Å². The number of hydrogen-bond donors (Lipinski definition) is 1. The van der Waals surface area contributed by atoms with Crippen LogP contribution in [0.25, 0.3) is 10.8 Å². The number of fused-ring (bicyclic) bond motifs is 1. The lowest BCUT2D eigenvalue weighted by Crippen LogP contribution is -1.97. The first-order chi connectivity index (χ1) is 7.33. The van der Waals surface area contributed by atoms with Crippen molar-refractivity contribution in [2.75, 3.05) is 0 Å². The minimum Gasteiger partial charge on any atom is -0.388 e. The molecular formula is C13H13NO. The van der Waals surface area contributed by atoms with Crippen molar-refractivity contribution in [2.24, 2.45) is 0 Å². The Labute approximate surface area is 88.9 Å². The third-order valence-electron chi connectivity index (χ3n) is 2.45. The molecule has 2 heteroatoms. The van der Waals surface area contributed by atoms with Crippen LogP contribution in [0.5, 0.6) is 0 Å². The van der Waals surface area contributed by atoms with Crippen molar-refractivity contribution in [1.29, 1.82) is 0 Å². The van der Waals surface area contributed by atoms with Gasteiger partial charge in [0.15, 0.2) is 0 Å². The van der Waals surface area contributed by atoms with Gasteiger partial charge in [0.25, 0.3) is 0 Å². The molecule has 2 rings (SSSR count). The van der Waals surface area contributed by atoms with E-state index >= 15 is 0 Å². The van der Waals surface area contributed by atoms with Crippen molar-refractivity contribution in [3.05, 3.63) is 54.9 Å². The molecule has 0 saturated carbocycles. The summed E-state index contributed by atoms with van der Waals surface area (Å²) in [5.74, 6) is 0. The molecule has 0 saturated heterocycles. The normalized spacial score (nSPS) is 12.6. The van der Waals surface area contributed by atoms with E-state index in [-0.39, 0.29) is 0 Å². The Hall–Kier alpha value is -1.67. The molecule has 0 aliphatic carbocycles. The van der Waals surface area contributed by atoms with Gasteiger partial charge in [-0.3, -0.25) is 4.98 Å². The Morgan fingerprint density at radius 2 is 2.13 bits per heavy atom. The van der Waals surface area contributed by atoms with Crippen LogP contribution in [0.2, 0.25) is 0 Å². The first-order valence-corrected chi connectivity index (χ1v) is 4.94. The molecule has 1 heterocycles. The summed E-state index contributed by atoms with van der Waals surface area (Å²) in [7, 11) is 0. The van der Waals surface area contributed by atoms with E-state index in [4.69, 9.17) is 0 Å². The monoisotopic (exact) mass is 199 g/mol. The fraction of sp³-hybridized carbons (Fsp3) is 0.154. The van der Waals surface area contributed by atoms with Crippen LogP contribution < -0.4 is 0 Å². The minimum absolute atomic E-state index is 0.513. The highest BCUT2D eigenvalue weighted by Gasteiger charge is 2.09. The van der Waals surface area contributed by atoms with E-state index in [1.54, 1.807) is 18.5 Å². The van der Waals surface area contributed by atoms with Crippen LogP contribution >= 0.6 is 0 Å². The van der Waals surface area contributed by atoms with Gasteiger partial charge in [-0.25, -0.2) is 0 Å². The van der Waals surface area contributed by atoms with Gasteiger partial charge in [0, 0.05) is 23.3 Å². The molecule has 0 aliphatic rings. The third kappa shape index (κ3) is 1.90. The van der Waals surface area contributed by atoms with Crippen LogP contribution in [0.1, 0.15) is 18.1 Å². The van der Waals surface area contributed by atoms with Gasteiger partial charge >= 0.3 is 0 Å². The predicted molar refractivity (Wildman–Crippen MR) is 61.5 cm³/mol. The quantitative estimate of drug-likeness (QED) is 0.771. The first-order valence-electron chi connectivity index (χ1n) is 4.94. The molecule has 76 valence electrons. The molecule has 1 unspecified atom stereocenters. The fourth-order valence-corrected chi connectivity index (χ4v) is 1.69. The summed E-state index contributed by atoms with van der Waals surface area (Å²) < 4.78 is 0. The molecule has 1 aromatic heterocycles. The molecule has 15 heavy (non-hydrogen) atoms. The number of aliphatic hydroxyl groups is 1. The van der Waals surface area contributed by atoms with Crippen LogP contribution in [0.3, 0.4) is 0 Å². The predicted octanol–water partition coefficient (Wildman–Crippen LogP) is 2.84. The number of aromatic nitrogens is 1. The van der Waals surface area contributed by atoms with Crippen molar-refractivity contribution < 1.29 is 5.11 Å². The minimum atomic E-state index is -0.513. The maximum Gasteiger partial charge on any atom is 0.0845 e. The summed E-state index contributed by atoms with van der Waals surface area (Å²) in [6, 6.07) is 7.92. The average molecular weight is 199 g/mol. The smallest absolute Gasteiger partial charge is 0.0845 e. The van der Waals surface area contributed by atoms with Crippen LogP contribution in [-0.4, -0.2) is 10.1 Å². The SMILES string of the molecule is C=CCC(O)c1cncc2ccccc12. The molecular weight excluding hydrogens is 186 g/mol. The second kappa shape index (κ2) is 4.24. The summed E-state index contributed by atoms with van der Waals surface area (Å²) in [6.45, 7) is 3.63. The van der Waals surface area contributed by atoms with Crippen molar-refractivity contribution in [2.45, 2.75) is 12.5 Å². The summed E-state index contributed by atoms with van der Waals surface area (Å²) >= 11 is 0. The van der Waals surface area contributed by atoms with Gasteiger partial charge in [-0.1, -0.05) is 30.3 Å². The molecule has 0 amide bonds. The molecule has 2 nitrogen and oxygen atoms in total. The van der Waals surface area contributed by atoms with E-state index in [9.17, 15) is 5.11 Å². The average Bonchev–Trinajstić information content (AvgIpc) is 2.28. The van der Waals surface area contributed by atoms with Crippen LogP contribution in [-0.2, 0) is 0 Å². The second-order valence-electron chi connectivity index (χ2n) is 3.49. The second-order valence-corrected chi connectivity index (χ2v) is 3.49. The lowest BCUT2D eigenvalue weighted by molar-refractivity contribution is 0.183. The summed E-state index contributed by atoms with van der Waals surface area (Å²) in [5.41, 5.74) is 0.869. The highest BCUT2D eigenvalue weighted by atomic mass is 16.3. The first kappa shape index (κ1) is 9.87. The zero-order valence-electron chi connectivity index (χ0n) is 8.43. The number of hydrogen-bond acceptors (Lipinski definition) is 2. The molecule has 1 N–H and O–H groups in total. The van der Waals surface area contributed by atoms with E-state index in [1.807, 2.05) is 24.3 Å². The third-order valence-corrected chi connectivity index (χ3v) is 2.45. The lowest BCUT2D eigenvalue weighted by Gasteiger charge is -2.10. The fourth-order valence-electron chi connectivity index (χ4n) is 1.69. The molecule has 0 spiro atoms. The van der Waals surface area contributed by atoms with Crippen LogP contribution in [0.4, 0.5) is 0 Å². The molecule has 0 radical (unpaired) electrons. The number of aliphatic hydroxyl groups excluding tert-OH is 1. The molecule has 2 aromatic rings. The zero-order chi connectivity index (χ0) is 10.7. The maximum atomic E-state index is 9.91. The standard InChI is InChI=1S/C13H13NO/c1-2-5-13(15)12-9-14-8-10-6-3-4-7-11(10)12/h2-4,6-9,13,15H,1,5H2. The van der Waals surface area contributed by atoms with Gasteiger partial charge in [-0.2, -0.15) is 0 Å². The number of nitrogens with zero attached hydrogens (tertiary/aromatic N) is 1. The molecule has 0 fully saturated rings. The van der Waals surface area contributed by atoms with Crippen LogP contribution in [0, 0.1) is 0 Å². The van der Waals surface area contributed by atoms with Gasteiger partial charge in [0.2, 0.25) is 0 Å². The van der Waals surface area contributed by atoms with Crippen molar-refractivity contribution in [1.82, 2.24) is 4.98 Å². The Bertz CT molecular complexity index is 473. The molecule has 0 bridgehead atoms. The van der Waals surface area contributed by atoms with E-state index in [0.29, 0.717) is 6.42 Å². The largest absolute Gasteiger partial charge is 0.388 e. The Balaban J connectivity index is 2.55. The summed E-state index contributed by atoms with van der Waals surface area (Å²) in [6.07, 6.45) is 5.28. The van der Waals surface area contributed by atoms with Crippen molar-refractivity contribution in [3.8, 4) is 0 Å². The van der Waals surface area contributed by atoms with Crippen molar-refractivity contribution >= 4 is 10.8 Å². The summed E-state index contributed by atoms with van der Waals surface area (Å²) in [4.78, 5) is 4.12. The van der Waals surface area contributed by atoms with Crippen LogP contribution in [0.15, 0.2) is 49.3 Å². The molecule has 1 atom stereocenters. The molecule has 0 aliphatic heterocycles. The number of benzene rings is 1. The summed E-state index contributed by atoms with van der Waals surface area (Å²) in [5, 5.41) is 12.0. The van der Waals surface area contributed by atoms with E-state index in [1.165, 1.54) is 0 Å². The van der Waals surface area contributed by atoms with Gasteiger partial charge in [-0.15, -0.1) is 6.58 Å². The van der Waals surface area contributed by atoms with E-state index in [2.05, 4.69) is 11.6 Å². The van der Waals surface area contributed by atoms with E-state index < -0.39 is 6.10 Å². The lowest BCUT2D eigenvalue weighted by atomic mass is 10.0. The number of rotatable bonds is 3. The Morgan fingerprint density at radius 3 is 2.93 bits per heavy atom. The van der Waals surface area contributed by atoms with Gasteiger partial charge in [0.1, 0.15) is 0 Å². The Kier molecular flexibility index (Phi) is 2.79. The van der Waals surface area contributed by atoms with Crippen molar-refractivity contribution in [3.63, 3.8) is 0 Å². The van der Waals surface area contributed by atoms with E-state index in [0.717, 1.165) is 16.3 Å². The topological polar surface area (TPSA) is 33.1 Å².